The molecule has 1 aromatic carbocycles. The number of nitrogens with one attached hydrogen (secondary N) is 1. The van der Waals surface area contributed by atoms with Gasteiger partial charge < -0.3 is 5.32 Å². The van der Waals surface area contributed by atoms with Crippen LogP contribution in [0, 0.1) is 5.82 Å². The molecule has 1 heterocycles. The summed E-state index contributed by atoms with van der Waals surface area (Å²) in [5.74, 6) is 0.353. The summed E-state index contributed by atoms with van der Waals surface area (Å²) in [6.45, 7) is 0. The van der Waals surface area contributed by atoms with Gasteiger partial charge in [-0.05, 0) is 42.6 Å². The quantitative estimate of drug-likeness (QED) is 0.839. The lowest BCUT2D eigenvalue weighted by Gasteiger charge is -2.23. The van der Waals surface area contributed by atoms with Crippen LogP contribution in [0.1, 0.15) is 32.1 Å². The first kappa shape index (κ1) is 12.6. The average Bonchev–Trinajstić information content (AvgIpc) is 2.41. The number of fused-ring (bicyclic) bond motifs is 1. The highest BCUT2D eigenvalue weighted by Gasteiger charge is 2.16. The first-order chi connectivity index (χ1) is 9.22. The molecular weight excluding hydrogens is 265 g/mol. The van der Waals surface area contributed by atoms with Gasteiger partial charge >= 0.3 is 0 Å². The van der Waals surface area contributed by atoms with Crippen LogP contribution in [0.25, 0.3) is 10.9 Å². The molecule has 5 heteroatoms. The summed E-state index contributed by atoms with van der Waals surface area (Å²) < 4.78 is 13.4. The van der Waals surface area contributed by atoms with Crippen LogP contribution < -0.4 is 5.32 Å². The lowest BCUT2D eigenvalue weighted by Crippen LogP contribution is -2.23. The molecule has 3 rings (SSSR count). The number of anilines is 1. The van der Waals surface area contributed by atoms with Crippen molar-refractivity contribution in [3.63, 3.8) is 0 Å². The minimum absolute atomic E-state index is 0.192. The maximum Gasteiger partial charge on any atom is 0.224 e. The van der Waals surface area contributed by atoms with Gasteiger partial charge in [0.05, 0.1) is 5.52 Å². The van der Waals surface area contributed by atoms with E-state index >= 15 is 0 Å². The number of benzene rings is 1. The van der Waals surface area contributed by atoms with Crippen molar-refractivity contribution < 1.29 is 4.39 Å². The molecule has 1 fully saturated rings. The molecule has 1 aromatic heterocycles. The van der Waals surface area contributed by atoms with E-state index < -0.39 is 0 Å². The van der Waals surface area contributed by atoms with Gasteiger partial charge in [0.25, 0.3) is 0 Å². The molecular formula is C14H15ClFN3. The smallest absolute Gasteiger partial charge is 0.224 e. The fourth-order valence-corrected chi connectivity index (χ4v) is 2.80. The largest absolute Gasteiger partial charge is 0.367 e. The Morgan fingerprint density at radius 1 is 1.16 bits per heavy atom. The van der Waals surface area contributed by atoms with Crippen LogP contribution in [0.3, 0.4) is 0 Å². The maximum atomic E-state index is 13.4. The van der Waals surface area contributed by atoms with Gasteiger partial charge in [0, 0.05) is 11.4 Å². The minimum atomic E-state index is -0.287. The monoisotopic (exact) mass is 279 g/mol. The Labute approximate surface area is 116 Å². The van der Waals surface area contributed by atoms with E-state index in [-0.39, 0.29) is 11.1 Å². The van der Waals surface area contributed by atoms with Gasteiger partial charge in [-0.1, -0.05) is 19.3 Å². The molecule has 1 N–H and O–H groups in total. The van der Waals surface area contributed by atoms with E-state index in [0.29, 0.717) is 22.8 Å². The molecule has 0 unspecified atom stereocenters. The standard InChI is InChI=1S/C14H15ClFN3/c15-14-18-12-7-6-9(16)8-11(12)13(19-14)17-10-4-2-1-3-5-10/h6-8,10H,1-5H2,(H,17,18,19). The molecule has 100 valence electrons. The van der Waals surface area contributed by atoms with E-state index in [1.54, 1.807) is 6.07 Å². The van der Waals surface area contributed by atoms with Gasteiger partial charge in [0.1, 0.15) is 11.6 Å². The number of hydrogen-bond donors (Lipinski definition) is 1. The zero-order valence-electron chi connectivity index (χ0n) is 10.5. The van der Waals surface area contributed by atoms with Crippen LogP contribution in [0.15, 0.2) is 18.2 Å². The first-order valence-electron chi connectivity index (χ1n) is 6.62. The van der Waals surface area contributed by atoms with E-state index in [9.17, 15) is 4.39 Å². The summed E-state index contributed by atoms with van der Waals surface area (Å²) in [6.07, 6.45) is 5.99. The second kappa shape index (κ2) is 5.29. The van der Waals surface area contributed by atoms with Gasteiger partial charge in [0.2, 0.25) is 5.28 Å². The van der Waals surface area contributed by atoms with Gasteiger partial charge in [-0.2, -0.15) is 0 Å². The zero-order valence-corrected chi connectivity index (χ0v) is 11.3. The molecule has 1 saturated carbocycles. The number of rotatable bonds is 2. The van der Waals surface area contributed by atoms with E-state index in [1.165, 1.54) is 31.4 Å². The maximum absolute atomic E-state index is 13.4. The van der Waals surface area contributed by atoms with Crippen molar-refractivity contribution >= 4 is 28.3 Å². The molecule has 0 amide bonds. The zero-order chi connectivity index (χ0) is 13.2. The van der Waals surface area contributed by atoms with E-state index in [2.05, 4.69) is 15.3 Å². The van der Waals surface area contributed by atoms with Crippen molar-refractivity contribution in [3.8, 4) is 0 Å². The second-order valence-electron chi connectivity index (χ2n) is 4.98. The van der Waals surface area contributed by atoms with Crippen molar-refractivity contribution in [1.82, 2.24) is 9.97 Å². The lowest BCUT2D eigenvalue weighted by atomic mass is 9.95. The highest BCUT2D eigenvalue weighted by molar-refractivity contribution is 6.28. The van der Waals surface area contributed by atoms with Gasteiger partial charge in [0.15, 0.2) is 0 Å². The Hall–Kier alpha value is -1.42. The Balaban J connectivity index is 1.98. The van der Waals surface area contributed by atoms with Gasteiger partial charge in [-0.3, -0.25) is 0 Å². The highest BCUT2D eigenvalue weighted by atomic mass is 35.5. The molecule has 3 nitrogen and oxygen atoms in total. The van der Waals surface area contributed by atoms with Crippen LogP contribution in [0.2, 0.25) is 5.28 Å². The predicted octanol–water partition coefficient (Wildman–Crippen LogP) is 4.17. The van der Waals surface area contributed by atoms with Gasteiger partial charge in [-0.15, -0.1) is 0 Å². The number of nitrogens with zero attached hydrogens (tertiary/aromatic N) is 2. The van der Waals surface area contributed by atoms with E-state index in [0.717, 1.165) is 12.8 Å². The fourth-order valence-electron chi connectivity index (χ4n) is 2.62. The number of aromatic nitrogens is 2. The molecule has 19 heavy (non-hydrogen) atoms. The van der Waals surface area contributed by atoms with Crippen molar-refractivity contribution in [2.24, 2.45) is 0 Å². The molecule has 0 spiro atoms. The summed E-state index contributed by atoms with van der Waals surface area (Å²) in [5.41, 5.74) is 0.666. The highest BCUT2D eigenvalue weighted by Crippen LogP contribution is 2.27. The third-order valence-electron chi connectivity index (χ3n) is 3.58. The van der Waals surface area contributed by atoms with Crippen LogP contribution in [-0.2, 0) is 0 Å². The molecule has 1 aliphatic carbocycles. The summed E-state index contributed by atoms with van der Waals surface area (Å²) in [5, 5.41) is 4.27. The lowest BCUT2D eigenvalue weighted by molar-refractivity contribution is 0.462. The normalized spacial score (nSPS) is 16.7. The summed E-state index contributed by atoms with van der Waals surface area (Å²) in [7, 11) is 0. The van der Waals surface area contributed by atoms with Crippen molar-refractivity contribution in [3.05, 3.63) is 29.3 Å². The van der Waals surface area contributed by atoms with E-state index in [1.807, 2.05) is 0 Å². The Bertz CT molecular complexity index is 597. The molecule has 0 bridgehead atoms. The van der Waals surface area contributed by atoms with Crippen molar-refractivity contribution in [1.29, 1.82) is 0 Å². The topological polar surface area (TPSA) is 37.8 Å². The van der Waals surface area contributed by atoms with E-state index in [4.69, 9.17) is 11.6 Å². The predicted molar refractivity (Wildman–Crippen MR) is 75.0 cm³/mol. The Morgan fingerprint density at radius 3 is 2.74 bits per heavy atom. The molecule has 0 atom stereocenters. The number of hydrogen-bond acceptors (Lipinski definition) is 3. The van der Waals surface area contributed by atoms with Crippen molar-refractivity contribution in [2.45, 2.75) is 38.1 Å². The second-order valence-corrected chi connectivity index (χ2v) is 5.32. The molecule has 0 saturated heterocycles. The first-order valence-corrected chi connectivity index (χ1v) is 6.99. The SMILES string of the molecule is Fc1ccc2nc(Cl)nc(NC3CCCCC3)c2c1. The molecule has 1 aliphatic rings. The van der Waals surface area contributed by atoms with Gasteiger partial charge in [-0.25, -0.2) is 14.4 Å². The third kappa shape index (κ3) is 2.78. The third-order valence-corrected chi connectivity index (χ3v) is 3.75. The minimum Gasteiger partial charge on any atom is -0.367 e. The van der Waals surface area contributed by atoms with Crippen LogP contribution in [0.5, 0.6) is 0 Å². The summed E-state index contributed by atoms with van der Waals surface area (Å²) >= 11 is 5.93. The molecule has 0 radical (unpaired) electrons. The van der Waals surface area contributed by atoms with Crippen LogP contribution >= 0.6 is 11.6 Å². The van der Waals surface area contributed by atoms with Crippen LogP contribution in [-0.4, -0.2) is 16.0 Å². The average molecular weight is 280 g/mol. The number of halogens is 2. The Kier molecular flexibility index (Phi) is 3.51. The summed E-state index contributed by atoms with van der Waals surface area (Å²) in [6, 6.07) is 4.86. The van der Waals surface area contributed by atoms with Crippen LogP contribution in [0.4, 0.5) is 10.2 Å². The van der Waals surface area contributed by atoms with Crippen molar-refractivity contribution in [2.75, 3.05) is 5.32 Å². The fraction of sp³-hybridized carbons (Fsp3) is 0.429. The molecule has 0 aliphatic heterocycles. The molecule has 2 aromatic rings. The summed E-state index contributed by atoms with van der Waals surface area (Å²) in [4.78, 5) is 8.33. The Morgan fingerprint density at radius 2 is 1.95 bits per heavy atom.